The molecule has 0 radical (unpaired) electrons. The van der Waals surface area contributed by atoms with E-state index in [0.29, 0.717) is 0 Å². The highest BCUT2D eigenvalue weighted by Crippen LogP contribution is 2.05. The van der Waals surface area contributed by atoms with Crippen molar-refractivity contribution in [2.75, 3.05) is 0 Å². The van der Waals surface area contributed by atoms with Gasteiger partial charge in [0.25, 0.3) is 0 Å². The van der Waals surface area contributed by atoms with Crippen LogP contribution in [-0.2, 0) is 22.7 Å². The van der Waals surface area contributed by atoms with Gasteiger partial charge in [0.05, 0.1) is 11.8 Å². The molecule has 0 bridgehead atoms. The van der Waals surface area contributed by atoms with Crippen LogP contribution in [0.2, 0.25) is 0 Å². The standard InChI is InChI=1S/C13H12N2O4/c16-12(17)8-15-7-11(6-14-15)13(18)19-9-10-4-2-1-3-5-10/h1-7H,8-9H2,(H,16,17). The van der Waals surface area contributed by atoms with Gasteiger partial charge in [0.2, 0.25) is 0 Å². The molecule has 0 atom stereocenters. The average molecular weight is 260 g/mol. The minimum absolute atomic E-state index is 0.170. The van der Waals surface area contributed by atoms with Crippen LogP contribution >= 0.6 is 0 Å². The van der Waals surface area contributed by atoms with Gasteiger partial charge in [-0.15, -0.1) is 0 Å². The molecule has 2 rings (SSSR count). The van der Waals surface area contributed by atoms with E-state index in [1.165, 1.54) is 17.1 Å². The molecule has 1 aromatic heterocycles. The van der Waals surface area contributed by atoms with Crippen LogP contribution in [0.3, 0.4) is 0 Å². The molecule has 0 aliphatic carbocycles. The molecule has 0 spiro atoms. The topological polar surface area (TPSA) is 81.4 Å². The first-order valence-electron chi connectivity index (χ1n) is 5.60. The fourth-order valence-electron chi connectivity index (χ4n) is 1.50. The molecule has 0 fully saturated rings. The summed E-state index contributed by atoms with van der Waals surface area (Å²) >= 11 is 0. The van der Waals surface area contributed by atoms with Gasteiger partial charge in [-0.05, 0) is 5.56 Å². The predicted molar refractivity (Wildman–Crippen MR) is 65.4 cm³/mol. The average Bonchev–Trinajstić information content (AvgIpc) is 2.85. The van der Waals surface area contributed by atoms with Crippen molar-refractivity contribution in [3.63, 3.8) is 0 Å². The molecular formula is C13H12N2O4. The largest absolute Gasteiger partial charge is 0.480 e. The maximum absolute atomic E-state index is 11.7. The number of ether oxygens (including phenoxy) is 1. The first-order valence-corrected chi connectivity index (χ1v) is 5.60. The lowest BCUT2D eigenvalue weighted by atomic mass is 10.2. The Morgan fingerprint density at radius 1 is 1.26 bits per heavy atom. The van der Waals surface area contributed by atoms with Gasteiger partial charge in [0.15, 0.2) is 0 Å². The highest BCUT2D eigenvalue weighted by molar-refractivity contribution is 5.88. The molecule has 98 valence electrons. The Bertz CT molecular complexity index is 577. The number of hydrogen-bond acceptors (Lipinski definition) is 4. The Balaban J connectivity index is 1.93. The smallest absolute Gasteiger partial charge is 0.341 e. The molecule has 1 N–H and O–H groups in total. The molecule has 6 heteroatoms. The third-order valence-electron chi connectivity index (χ3n) is 2.38. The van der Waals surface area contributed by atoms with Crippen molar-refractivity contribution in [1.82, 2.24) is 9.78 Å². The quantitative estimate of drug-likeness (QED) is 0.820. The zero-order chi connectivity index (χ0) is 13.7. The minimum Gasteiger partial charge on any atom is -0.480 e. The number of aliphatic carboxylic acids is 1. The van der Waals surface area contributed by atoms with Gasteiger partial charge in [-0.2, -0.15) is 5.10 Å². The second-order valence-corrected chi connectivity index (χ2v) is 3.88. The SMILES string of the molecule is O=C(O)Cn1cc(C(=O)OCc2ccccc2)cn1. The summed E-state index contributed by atoms with van der Waals surface area (Å²) in [5.74, 6) is -1.55. The van der Waals surface area contributed by atoms with Crippen LogP contribution in [0.5, 0.6) is 0 Å². The van der Waals surface area contributed by atoms with E-state index in [9.17, 15) is 9.59 Å². The fraction of sp³-hybridized carbons (Fsp3) is 0.154. The van der Waals surface area contributed by atoms with Crippen molar-refractivity contribution in [2.45, 2.75) is 13.2 Å². The van der Waals surface area contributed by atoms with E-state index in [4.69, 9.17) is 9.84 Å². The molecule has 2 aromatic rings. The lowest BCUT2D eigenvalue weighted by molar-refractivity contribution is -0.137. The van der Waals surface area contributed by atoms with Crippen molar-refractivity contribution in [1.29, 1.82) is 0 Å². The Morgan fingerprint density at radius 3 is 2.68 bits per heavy atom. The van der Waals surface area contributed by atoms with E-state index in [1.807, 2.05) is 30.3 Å². The van der Waals surface area contributed by atoms with Crippen LogP contribution in [0.4, 0.5) is 0 Å². The highest BCUT2D eigenvalue weighted by atomic mass is 16.5. The zero-order valence-corrected chi connectivity index (χ0v) is 10.0. The molecule has 19 heavy (non-hydrogen) atoms. The van der Waals surface area contributed by atoms with Crippen LogP contribution < -0.4 is 0 Å². The van der Waals surface area contributed by atoms with Crippen LogP contribution in [0, 0.1) is 0 Å². The second-order valence-electron chi connectivity index (χ2n) is 3.88. The molecular weight excluding hydrogens is 248 g/mol. The monoisotopic (exact) mass is 260 g/mol. The number of carboxylic acid groups (broad SMARTS) is 1. The van der Waals surface area contributed by atoms with Crippen molar-refractivity contribution >= 4 is 11.9 Å². The summed E-state index contributed by atoms with van der Waals surface area (Å²) in [4.78, 5) is 22.2. The van der Waals surface area contributed by atoms with E-state index in [-0.39, 0.29) is 18.7 Å². The van der Waals surface area contributed by atoms with Crippen LogP contribution in [-0.4, -0.2) is 26.8 Å². The van der Waals surface area contributed by atoms with Crippen molar-refractivity contribution in [3.8, 4) is 0 Å². The Kier molecular flexibility index (Phi) is 3.92. The number of benzene rings is 1. The number of esters is 1. The number of hydrogen-bond donors (Lipinski definition) is 1. The number of carbonyl (C=O) groups excluding carboxylic acids is 1. The lowest BCUT2D eigenvalue weighted by Gasteiger charge is -2.02. The molecule has 1 aromatic carbocycles. The van der Waals surface area contributed by atoms with E-state index >= 15 is 0 Å². The van der Waals surface area contributed by atoms with E-state index in [0.717, 1.165) is 5.56 Å². The van der Waals surface area contributed by atoms with E-state index < -0.39 is 11.9 Å². The summed E-state index contributed by atoms with van der Waals surface area (Å²) in [5, 5.41) is 12.4. The van der Waals surface area contributed by atoms with Crippen LogP contribution in [0.1, 0.15) is 15.9 Å². The zero-order valence-electron chi connectivity index (χ0n) is 10.0. The van der Waals surface area contributed by atoms with E-state index in [2.05, 4.69) is 5.10 Å². The highest BCUT2D eigenvalue weighted by Gasteiger charge is 2.11. The summed E-state index contributed by atoms with van der Waals surface area (Å²) in [6.07, 6.45) is 2.64. The minimum atomic E-state index is -1.02. The molecule has 6 nitrogen and oxygen atoms in total. The van der Waals surface area contributed by atoms with Crippen LogP contribution in [0.15, 0.2) is 42.7 Å². The first-order chi connectivity index (χ1) is 9.15. The third-order valence-corrected chi connectivity index (χ3v) is 2.38. The molecule has 0 saturated heterocycles. The van der Waals surface area contributed by atoms with Gasteiger partial charge in [-0.3, -0.25) is 9.48 Å². The van der Waals surface area contributed by atoms with Gasteiger partial charge in [-0.1, -0.05) is 30.3 Å². The Hall–Kier alpha value is -2.63. The maximum Gasteiger partial charge on any atom is 0.341 e. The Labute approximate surface area is 109 Å². The van der Waals surface area contributed by atoms with Crippen LogP contribution in [0.25, 0.3) is 0 Å². The summed E-state index contributed by atoms with van der Waals surface area (Å²) in [7, 11) is 0. The van der Waals surface area contributed by atoms with E-state index in [1.54, 1.807) is 0 Å². The second kappa shape index (κ2) is 5.81. The van der Waals surface area contributed by atoms with Crippen molar-refractivity contribution < 1.29 is 19.4 Å². The number of nitrogens with zero attached hydrogens (tertiary/aromatic N) is 2. The number of aromatic nitrogens is 2. The summed E-state index contributed by atoms with van der Waals surface area (Å²) in [6.45, 7) is -0.115. The van der Waals surface area contributed by atoms with Gasteiger partial charge < -0.3 is 9.84 Å². The number of carbonyl (C=O) groups is 2. The molecule has 0 amide bonds. The van der Waals surface area contributed by atoms with Crippen molar-refractivity contribution in [2.24, 2.45) is 0 Å². The molecule has 0 aliphatic rings. The summed E-state index contributed by atoms with van der Waals surface area (Å²) in [5.41, 5.74) is 1.12. The molecule has 0 saturated carbocycles. The van der Waals surface area contributed by atoms with Crippen molar-refractivity contribution in [3.05, 3.63) is 53.9 Å². The molecule has 0 aliphatic heterocycles. The van der Waals surface area contributed by atoms with Gasteiger partial charge in [0, 0.05) is 6.20 Å². The number of rotatable bonds is 5. The first kappa shape index (κ1) is 12.8. The lowest BCUT2D eigenvalue weighted by Crippen LogP contribution is -2.09. The summed E-state index contributed by atoms with van der Waals surface area (Å²) in [6, 6.07) is 9.28. The molecule has 0 unspecified atom stereocenters. The molecule has 1 heterocycles. The van der Waals surface area contributed by atoms with Gasteiger partial charge in [0.1, 0.15) is 13.2 Å². The fourth-order valence-corrected chi connectivity index (χ4v) is 1.50. The third kappa shape index (κ3) is 3.67. The Morgan fingerprint density at radius 2 is 2.00 bits per heavy atom. The number of carboxylic acids is 1. The predicted octanol–water partition coefficient (Wildman–Crippen LogP) is 1.32. The summed E-state index contributed by atoms with van der Waals surface area (Å²) < 4.78 is 6.26. The van der Waals surface area contributed by atoms with Gasteiger partial charge in [-0.25, -0.2) is 4.79 Å². The normalized spacial score (nSPS) is 10.1. The van der Waals surface area contributed by atoms with Gasteiger partial charge >= 0.3 is 11.9 Å². The maximum atomic E-state index is 11.7.